The van der Waals surface area contributed by atoms with E-state index in [0.29, 0.717) is 39.1 Å². The van der Waals surface area contributed by atoms with Crippen LogP contribution in [0.15, 0.2) is 71.3 Å². The smallest absolute Gasteiger partial charge is 0.264 e. The summed E-state index contributed by atoms with van der Waals surface area (Å²) in [4.78, 5) is 20.6. The average Bonchev–Trinajstić information content (AvgIpc) is 3.18. The lowest BCUT2D eigenvalue weighted by Crippen LogP contribution is -2.37. The summed E-state index contributed by atoms with van der Waals surface area (Å²) in [6, 6.07) is 17.7. The van der Waals surface area contributed by atoms with E-state index in [-0.39, 0.29) is 17.6 Å². The molecule has 0 saturated carbocycles. The van der Waals surface area contributed by atoms with E-state index in [1.165, 1.54) is 0 Å². The number of nitrogens with one attached hydrogen (secondary N) is 2. The van der Waals surface area contributed by atoms with Gasteiger partial charge in [0.05, 0.1) is 10.6 Å². The summed E-state index contributed by atoms with van der Waals surface area (Å²) in [7, 11) is 0. The summed E-state index contributed by atoms with van der Waals surface area (Å²) in [6.45, 7) is -0.159. The van der Waals surface area contributed by atoms with Crippen LogP contribution in [0.3, 0.4) is 0 Å². The maximum atomic E-state index is 12.0. The number of carbonyl (C=O) groups excluding carboxylic acids is 1. The summed E-state index contributed by atoms with van der Waals surface area (Å²) in [5.74, 6) is 0.556. The van der Waals surface area contributed by atoms with Gasteiger partial charge < -0.3 is 14.5 Å². The number of rotatable bonds is 5. The molecule has 9 heteroatoms. The predicted octanol–water partition coefficient (Wildman–Crippen LogP) is 4.44. The third kappa shape index (κ3) is 4.73. The van der Waals surface area contributed by atoms with Gasteiger partial charge >= 0.3 is 0 Å². The van der Waals surface area contributed by atoms with Gasteiger partial charge in [-0.2, -0.15) is 4.98 Å². The number of pyridine rings is 1. The molecule has 4 aromatic rings. The van der Waals surface area contributed by atoms with Gasteiger partial charge in [-0.05, 0) is 54.7 Å². The zero-order valence-corrected chi connectivity index (χ0v) is 17.0. The number of oxazole rings is 1. The zero-order valence-electron chi connectivity index (χ0n) is 15.5. The summed E-state index contributed by atoms with van der Waals surface area (Å²) >= 11 is 11.5. The minimum absolute atomic E-state index is 0.129. The van der Waals surface area contributed by atoms with Gasteiger partial charge in [-0.3, -0.25) is 10.1 Å². The molecule has 4 rings (SSSR count). The number of anilines is 1. The number of hydrogen-bond donors (Lipinski definition) is 2. The molecule has 2 aromatic carbocycles. The monoisotopic (exact) mass is 438 g/mol. The number of carbonyl (C=O) groups is 1. The highest BCUT2D eigenvalue weighted by Gasteiger charge is 2.14. The van der Waals surface area contributed by atoms with Crippen molar-refractivity contribution in [3.63, 3.8) is 0 Å². The standard InChI is InChI=1S/C21H15ClN4O3S/c22-16-9-8-13(11-15(16)20-26-19-17(29-20)7-4-10-23-19)24-21(30)25-18(27)12-28-14-5-2-1-3-6-14/h1-11H,12H2,(H2,24,25,27,30). The average molecular weight is 439 g/mol. The Labute approximate surface area is 182 Å². The molecule has 0 aliphatic rings. The minimum atomic E-state index is -0.379. The molecular weight excluding hydrogens is 424 g/mol. The van der Waals surface area contributed by atoms with Gasteiger partial charge in [-0.15, -0.1) is 0 Å². The normalized spacial score (nSPS) is 10.6. The molecule has 7 nitrogen and oxygen atoms in total. The second-order valence-electron chi connectivity index (χ2n) is 6.14. The van der Waals surface area contributed by atoms with Gasteiger partial charge in [0.1, 0.15) is 5.75 Å². The van der Waals surface area contributed by atoms with Crippen molar-refractivity contribution in [1.82, 2.24) is 15.3 Å². The number of halogens is 1. The van der Waals surface area contributed by atoms with E-state index < -0.39 is 0 Å². The van der Waals surface area contributed by atoms with E-state index in [9.17, 15) is 4.79 Å². The van der Waals surface area contributed by atoms with Gasteiger partial charge in [0.25, 0.3) is 5.91 Å². The fourth-order valence-corrected chi connectivity index (χ4v) is 3.07. The molecule has 0 unspecified atom stereocenters. The van der Waals surface area contributed by atoms with Crippen LogP contribution < -0.4 is 15.4 Å². The third-order valence-corrected chi connectivity index (χ3v) is 4.52. The predicted molar refractivity (Wildman–Crippen MR) is 119 cm³/mol. The van der Waals surface area contributed by atoms with Crippen molar-refractivity contribution in [3.05, 3.63) is 71.9 Å². The minimum Gasteiger partial charge on any atom is -0.484 e. The lowest BCUT2D eigenvalue weighted by Gasteiger charge is -2.11. The molecule has 0 bridgehead atoms. The number of aromatic nitrogens is 2. The summed E-state index contributed by atoms with van der Waals surface area (Å²) < 4.78 is 11.1. The van der Waals surface area contributed by atoms with E-state index in [2.05, 4.69) is 20.6 Å². The van der Waals surface area contributed by atoms with Crippen molar-refractivity contribution in [2.45, 2.75) is 0 Å². The highest BCUT2D eigenvalue weighted by molar-refractivity contribution is 7.80. The molecule has 0 aliphatic carbocycles. The second kappa shape index (κ2) is 8.89. The summed E-state index contributed by atoms with van der Waals surface area (Å²) in [5.41, 5.74) is 2.23. The molecule has 0 fully saturated rings. The zero-order chi connectivity index (χ0) is 20.9. The number of nitrogens with zero attached hydrogens (tertiary/aromatic N) is 2. The molecular formula is C21H15ClN4O3S. The molecule has 2 heterocycles. The number of hydrogen-bond acceptors (Lipinski definition) is 6. The lowest BCUT2D eigenvalue weighted by molar-refractivity contribution is -0.121. The quantitative estimate of drug-likeness (QED) is 0.445. The SMILES string of the molecule is O=C(COc1ccccc1)NC(=S)Nc1ccc(Cl)c(-c2nc3ncccc3o2)c1. The van der Waals surface area contributed by atoms with Crippen molar-refractivity contribution in [1.29, 1.82) is 0 Å². The van der Waals surface area contributed by atoms with Gasteiger partial charge in [0.15, 0.2) is 22.9 Å². The summed E-state index contributed by atoms with van der Waals surface area (Å²) in [6.07, 6.45) is 1.64. The molecule has 2 aromatic heterocycles. The molecule has 0 radical (unpaired) electrons. The topological polar surface area (TPSA) is 89.3 Å². The fraction of sp³-hybridized carbons (Fsp3) is 0.0476. The number of fused-ring (bicyclic) bond motifs is 1. The van der Waals surface area contributed by atoms with E-state index in [1.54, 1.807) is 48.7 Å². The van der Waals surface area contributed by atoms with Crippen molar-refractivity contribution in [2.24, 2.45) is 0 Å². The Hall–Kier alpha value is -3.49. The molecule has 150 valence electrons. The first kappa shape index (κ1) is 19.8. The number of ether oxygens (including phenoxy) is 1. The first-order chi connectivity index (χ1) is 14.6. The first-order valence-electron chi connectivity index (χ1n) is 8.88. The van der Waals surface area contributed by atoms with E-state index >= 15 is 0 Å². The molecule has 0 saturated heterocycles. The van der Waals surface area contributed by atoms with Crippen molar-refractivity contribution >= 4 is 51.8 Å². The maximum absolute atomic E-state index is 12.0. The third-order valence-electron chi connectivity index (χ3n) is 3.99. The van der Waals surface area contributed by atoms with Crippen molar-refractivity contribution < 1.29 is 13.9 Å². The highest BCUT2D eigenvalue weighted by Crippen LogP contribution is 2.31. The molecule has 0 spiro atoms. The largest absolute Gasteiger partial charge is 0.484 e. The van der Waals surface area contributed by atoms with E-state index in [4.69, 9.17) is 33.0 Å². The summed E-state index contributed by atoms with van der Waals surface area (Å²) in [5, 5.41) is 6.10. The molecule has 30 heavy (non-hydrogen) atoms. The Kier molecular flexibility index (Phi) is 5.87. The first-order valence-corrected chi connectivity index (χ1v) is 9.67. The lowest BCUT2D eigenvalue weighted by atomic mass is 10.2. The van der Waals surface area contributed by atoms with Crippen molar-refractivity contribution in [3.8, 4) is 17.2 Å². The van der Waals surface area contributed by atoms with Crippen LogP contribution in [0, 0.1) is 0 Å². The van der Waals surface area contributed by atoms with Crippen LogP contribution in [-0.4, -0.2) is 27.6 Å². The number of para-hydroxylation sites is 1. The van der Waals surface area contributed by atoms with Crippen LogP contribution in [0.2, 0.25) is 5.02 Å². The van der Waals surface area contributed by atoms with Crippen LogP contribution >= 0.6 is 23.8 Å². The Bertz CT molecular complexity index is 1180. The van der Waals surface area contributed by atoms with E-state index in [0.717, 1.165) is 0 Å². The Morgan fingerprint density at radius 3 is 2.77 bits per heavy atom. The Morgan fingerprint density at radius 2 is 1.97 bits per heavy atom. The van der Waals surface area contributed by atoms with Crippen molar-refractivity contribution in [2.75, 3.05) is 11.9 Å². The van der Waals surface area contributed by atoms with Gasteiger partial charge in [0, 0.05) is 11.9 Å². The van der Waals surface area contributed by atoms with E-state index in [1.807, 2.05) is 18.2 Å². The van der Waals surface area contributed by atoms with Gasteiger partial charge in [-0.1, -0.05) is 29.8 Å². The fourth-order valence-electron chi connectivity index (χ4n) is 2.64. The van der Waals surface area contributed by atoms with Crippen LogP contribution in [0.5, 0.6) is 5.75 Å². The Morgan fingerprint density at radius 1 is 1.13 bits per heavy atom. The Balaban J connectivity index is 1.41. The van der Waals surface area contributed by atoms with Crippen LogP contribution in [0.25, 0.3) is 22.7 Å². The molecule has 0 atom stereocenters. The van der Waals surface area contributed by atoms with Gasteiger partial charge in [-0.25, -0.2) is 4.98 Å². The highest BCUT2D eigenvalue weighted by atomic mass is 35.5. The van der Waals surface area contributed by atoms with Crippen LogP contribution in [-0.2, 0) is 4.79 Å². The molecule has 0 aliphatic heterocycles. The van der Waals surface area contributed by atoms with Crippen LogP contribution in [0.1, 0.15) is 0 Å². The second-order valence-corrected chi connectivity index (χ2v) is 6.96. The number of benzene rings is 2. The molecule has 1 amide bonds. The number of thiocarbonyl (C=S) groups is 1. The van der Waals surface area contributed by atoms with Crippen LogP contribution in [0.4, 0.5) is 5.69 Å². The molecule has 2 N–H and O–H groups in total. The maximum Gasteiger partial charge on any atom is 0.264 e. The number of amides is 1. The van der Waals surface area contributed by atoms with Gasteiger partial charge in [0.2, 0.25) is 5.89 Å².